The van der Waals surface area contributed by atoms with Crippen LogP contribution in [0, 0.1) is 0 Å². The third kappa shape index (κ3) is 6.17. The zero-order chi connectivity index (χ0) is 12.3. The van der Waals surface area contributed by atoms with Crippen LogP contribution in [-0.2, 0) is 17.7 Å². The normalized spacial score (nSPS) is 10.9. The lowest BCUT2D eigenvalue weighted by Crippen LogP contribution is -2.24. The monoisotopic (exact) mass is 256 g/mol. The van der Waals surface area contributed by atoms with E-state index in [2.05, 4.69) is 29.0 Å². The lowest BCUT2D eigenvalue weighted by Gasteiger charge is -2.06. The Morgan fingerprint density at radius 3 is 2.82 bits per heavy atom. The lowest BCUT2D eigenvalue weighted by atomic mass is 10.2. The third-order valence-corrected chi connectivity index (χ3v) is 3.66. The molecule has 0 aliphatic rings. The molecule has 0 radical (unpaired) electrons. The van der Waals surface area contributed by atoms with E-state index in [9.17, 15) is 0 Å². The van der Waals surface area contributed by atoms with Crippen LogP contribution in [0.15, 0.2) is 11.4 Å². The molecule has 0 spiro atoms. The second-order valence-electron chi connectivity index (χ2n) is 4.00. The van der Waals surface area contributed by atoms with Crippen molar-refractivity contribution in [2.45, 2.75) is 26.3 Å². The van der Waals surface area contributed by atoms with Crippen LogP contribution in [0.2, 0.25) is 0 Å². The largest absolute Gasteiger partial charge is 0.383 e. The summed E-state index contributed by atoms with van der Waals surface area (Å²) in [4.78, 5) is 1.49. The Bertz CT molecular complexity index is 289. The minimum Gasteiger partial charge on any atom is -0.383 e. The van der Waals surface area contributed by atoms with Gasteiger partial charge in [0.25, 0.3) is 0 Å². The lowest BCUT2D eigenvalue weighted by molar-refractivity contribution is 0.199. The molecule has 4 heteroatoms. The van der Waals surface area contributed by atoms with Crippen LogP contribution >= 0.6 is 11.3 Å². The average Bonchev–Trinajstić information content (AvgIpc) is 2.80. The van der Waals surface area contributed by atoms with Gasteiger partial charge in [0.15, 0.2) is 0 Å². The Morgan fingerprint density at radius 1 is 1.24 bits per heavy atom. The van der Waals surface area contributed by atoms with E-state index in [1.807, 2.05) is 11.3 Å². The molecule has 3 nitrogen and oxygen atoms in total. The van der Waals surface area contributed by atoms with Gasteiger partial charge in [-0.15, -0.1) is 11.3 Å². The van der Waals surface area contributed by atoms with E-state index in [-0.39, 0.29) is 0 Å². The molecule has 0 aliphatic heterocycles. The molecule has 0 unspecified atom stereocenters. The predicted octanol–water partition coefficient (Wildman–Crippen LogP) is 2.03. The number of rotatable bonds is 10. The third-order valence-electron chi connectivity index (χ3n) is 2.69. The van der Waals surface area contributed by atoms with Gasteiger partial charge in [-0.3, -0.25) is 0 Å². The van der Waals surface area contributed by atoms with Crippen molar-refractivity contribution in [1.82, 2.24) is 10.6 Å². The Labute approximate surface area is 109 Å². The van der Waals surface area contributed by atoms with Crippen molar-refractivity contribution in [2.75, 3.05) is 33.4 Å². The summed E-state index contributed by atoms with van der Waals surface area (Å²) in [6, 6.07) is 2.23. The molecule has 2 N–H and O–H groups in total. The van der Waals surface area contributed by atoms with Gasteiger partial charge in [0.05, 0.1) is 6.61 Å². The maximum Gasteiger partial charge on any atom is 0.0587 e. The Morgan fingerprint density at radius 2 is 2.06 bits per heavy atom. The van der Waals surface area contributed by atoms with Crippen LogP contribution in [-0.4, -0.2) is 33.4 Å². The van der Waals surface area contributed by atoms with Gasteiger partial charge in [-0.05, 0) is 42.9 Å². The molecule has 17 heavy (non-hydrogen) atoms. The maximum absolute atomic E-state index is 4.97. The minimum atomic E-state index is 0.794. The molecule has 0 saturated heterocycles. The summed E-state index contributed by atoms with van der Waals surface area (Å²) in [5.74, 6) is 0. The number of nitrogens with one attached hydrogen (secondary N) is 2. The van der Waals surface area contributed by atoms with Crippen LogP contribution in [0.4, 0.5) is 0 Å². The van der Waals surface area contributed by atoms with E-state index in [4.69, 9.17) is 4.74 Å². The van der Waals surface area contributed by atoms with Gasteiger partial charge in [-0.25, -0.2) is 0 Å². The highest BCUT2D eigenvalue weighted by atomic mass is 32.1. The molecule has 1 rings (SSSR count). The summed E-state index contributed by atoms with van der Waals surface area (Å²) < 4.78 is 4.97. The van der Waals surface area contributed by atoms with E-state index < -0.39 is 0 Å². The zero-order valence-corrected chi connectivity index (χ0v) is 11.7. The molecule has 0 aromatic carbocycles. The maximum atomic E-state index is 4.97. The summed E-state index contributed by atoms with van der Waals surface area (Å²) >= 11 is 1.85. The first kappa shape index (κ1) is 14.6. The van der Waals surface area contributed by atoms with Crippen LogP contribution in [0.25, 0.3) is 0 Å². The van der Waals surface area contributed by atoms with Gasteiger partial charge >= 0.3 is 0 Å². The molecule has 0 saturated carbocycles. The predicted molar refractivity (Wildman–Crippen MR) is 74.8 cm³/mol. The molecule has 0 bridgehead atoms. The van der Waals surface area contributed by atoms with E-state index >= 15 is 0 Å². The number of hydrogen-bond donors (Lipinski definition) is 2. The highest BCUT2D eigenvalue weighted by Crippen LogP contribution is 2.16. The summed E-state index contributed by atoms with van der Waals surface area (Å²) in [5, 5.41) is 9.02. The van der Waals surface area contributed by atoms with Crippen molar-refractivity contribution in [3.05, 3.63) is 21.9 Å². The van der Waals surface area contributed by atoms with Gasteiger partial charge in [0, 0.05) is 25.1 Å². The topological polar surface area (TPSA) is 33.3 Å². The van der Waals surface area contributed by atoms with Crippen molar-refractivity contribution in [3.8, 4) is 0 Å². The summed E-state index contributed by atoms with van der Waals surface area (Å²) in [7, 11) is 1.73. The summed E-state index contributed by atoms with van der Waals surface area (Å²) in [5.41, 5.74) is 1.49. The second kappa shape index (κ2) is 9.59. The number of thiophene rings is 1. The molecule has 98 valence electrons. The number of hydrogen-bond acceptors (Lipinski definition) is 4. The van der Waals surface area contributed by atoms with Gasteiger partial charge in [0.1, 0.15) is 0 Å². The Kier molecular flexibility index (Phi) is 8.26. The molecule has 0 atom stereocenters. The van der Waals surface area contributed by atoms with Crippen LogP contribution in [0.3, 0.4) is 0 Å². The van der Waals surface area contributed by atoms with E-state index in [0.717, 1.165) is 45.6 Å². The molecule has 1 aromatic rings. The van der Waals surface area contributed by atoms with Gasteiger partial charge < -0.3 is 15.4 Å². The quantitative estimate of drug-likeness (QED) is 0.628. The van der Waals surface area contributed by atoms with Crippen LogP contribution in [0.1, 0.15) is 23.8 Å². The molecule has 0 fully saturated rings. The smallest absolute Gasteiger partial charge is 0.0587 e. The number of aryl methyl sites for hydroxylation is 1. The molecule has 0 aliphatic carbocycles. The molecule has 1 aromatic heterocycles. The Hall–Kier alpha value is -0.420. The number of methoxy groups -OCH3 is 1. The van der Waals surface area contributed by atoms with Crippen molar-refractivity contribution < 1.29 is 4.74 Å². The molecular formula is C13H24N2OS. The highest BCUT2D eigenvalue weighted by Gasteiger charge is 2.00. The first-order chi connectivity index (χ1) is 8.38. The first-order valence-electron chi connectivity index (χ1n) is 6.34. The minimum absolute atomic E-state index is 0.794. The standard InChI is InChI=1S/C13H24N2OS/c1-3-12-5-10-17-13(12)11-15-7-4-6-14-8-9-16-2/h5,10,14-15H,3-4,6-9,11H2,1-2H3. The van der Waals surface area contributed by atoms with Gasteiger partial charge in [0.2, 0.25) is 0 Å². The van der Waals surface area contributed by atoms with Gasteiger partial charge in [-0.1, -0.05) is 6.92 Å². The zero-order valence-electron chi connectivity index (χ0n) is 10.9. The fourth-order valence-electron chi connectivity index (χ4n) is 1.68. The van der Waals surface area contributed by atoms with Crippen molar-refractivity contribution >= 4 is 11.3 Å². The second-order valence-corrected chi connectivity index (χ2v) is 5.00. The SMILES string of the molecule is CCc1ccsc1CNCCCNCCOC. The summed E-state index contributed by atoms with van der Waals surface area (Å²) in [6.07, 6.45) is 2.30. The fourth-order valence-corrected chi connectivity index (χ4v) is 2.62. The Balaban J connectivity index is 1.97. The van der Waals surface area contributed by atoms with Crippen molar-refractivity contribution in [3.63, 3.8) is 0 Å². The van der Waals surface area contributed by atoms with E-state index in [1.165, 1.54) is 10.4 Å². The number of ether oxygens (including phenoxy) is 1. The van der Waals surface area contributed by atoms with Crippen LogP contribution < -0.4 is 10.6 Å². The fraction of sp³-hybridized carbons (Fsp3) is 0.692. The van der Waals surface area contributed by atoms with E-state index in [0.29, 0.717) is 0 Å². The average molecular weight is 256 g/mol. The molecular weight excluding hydrogens is 232 g/mol. The van der Waals surface area contributed by atoms with E-state index in [1.54, 1.807) is 7.11 Å². The van der Waals surface area contributed by atoms with Crippen molar-refractivity contribution in [2.24, 2.45) is 0 Å². The molecule has 0 amide bonds. The van der Waals surface area contributed by atoms with Gasteiger partial charge in [-0.2, -0.15) is 0 Å². The first-order valence-corrected chi connectivity index (χ1v) is 7.22. The van der Waals surface area contributed by atoms with Crippen molar-refractivity contribution in [1.29, 1.82) is 0 Å². The van der Waals surface area contributed by atoms with Crippen LogP contribution in [0.5, 0.6) is 0 Å². The summed E-state index contributed by atoms with van der Waals surface area (Å²) in [6.45, 7) is 7.09. The molecule has 1 heterocycles. The highest BCUT2D eigenvalue weighted by molar-refractivity contribution is 7.10.